The summed E-state index contributed by atoms with van der Waals surface area (Å²) in [7, 11) is 0. The van der Waals surface area contributed by atoms with Gasteiger partial charge in [0.2, 0.25) is 0 Å². The third kappa shape index (κ3) is 4.41. The van der Waals surface area contributed by atoms with Gasteiger partial charge in [0.15, 0.2) is 0 Å². The number of urea groups is 1. The molecule has 2 amide bonds. The van der Waals surface area contributed by atoms with Gasteiger partial charge in [-0.05, 0) is 82.5 Å². The first kappa shape index (κ1) is 19.2. The molecular formula is C21H34N2O3. The van der Waals surface area contributed by atoms with E-state index in [4.69, 9.17) is 10.5 Å². The van der Waals surface area contributed by atoms with E-state index in [0.29, 0.717) is 6.61 Å². The number of esters is 1. The molecule has 2 N–H and O–H groups in total. The first-order chi connectivity index (χ1) is 12.5. The summed E-state index contributed by atoms with van der Waals surface area (Å²) >= 11 is 0. The number of unbranched alkanes of at least 4 members (excludes halogenated alkanes) is 3. The fourth-order valence-corrected chi connectivity index (χ4v) is 6.06. The lowest BCUT2D eigenvalue weighted by molar-refractivity contribution is -0.137. The number of hydrogen-bond donors (Lipinski definition) is 1. The van der Waals surface area contributed by atoms with Crippen molar-refractivity contribution >= 4 is 12.0 Å². The smallest absolute Gasteiger partial charge is 0.330 e. The van der Waals surface area contributed by atoms with E-state index in [2.05, 4.69) is 0 Å². The van der Waals surface area contributed by atoms with Crippen LogP contribution in [0.2, 0.25) is 0 Å². The molecule has 4 rings (SSSR count). The second kappa shape index (κ2) is 8.45. The Morgan fingerprint density at radius 3 is 2.23 bits per heavy atom. The maximum atomic E-state index is 12.2. The van der Waals surface area contributed by atoms with Crippen LogP contribution >= 0.6 is 0 Å². The van der Waals surface area contributed by atoms with Gasteiger partial charge in [-0.3, -0.25) is 0 Å². The number of nitrogens with two attached hydrogens (primary N) is 1. The van der Waals surface area contributed by atoms with Gasteiger partial charge >= 0.3 is 12.0 Å². The lowest BCUT2D eigenvalue weighted by Crippen LogP contribution is -2.62. The molecule has 5 nitrogen and oxygen atoms in total. The predicted octanol–water partition coefficient (Wildman–Crippen LogP) is 4.02. The Bertz CT molecular complexity index is 508. The average molecular weight is 363 g/mol. The van der Waals surface area contributed by atoms with E-state index < -0.39 is 0 Å². The number of rotatable bonds is 9. The second-order valence-electron chi connectivity index (χ2n) is 8.64. The highest BCUT2D eigenvalue weighted by Crippen LogP contribution is 2.57. The molecule has 4 aliphatic carbocycles. The summed E-state index contributed by atoms with van der Waals surface area (Å²) in [5.74, 6) is 2.18. The zero-order valence-corrected chi connectivity index (χ0v) is 16.1. The molecule has 5 heteroatoms. The molecule has 0 aliphatic heterocycles. The molecule has 4 saturated carbocycles. The van der Waals surface area contributed by atoms with Gasteiger partial charge in [-0.25, -0.2) is 9.59 Å². The Morgan fingerprint density at radius 2 is 1.69 bits per heavy atom. The number of amides is 2. The molecule has 0 heterocycles. The van der Waals surface area contributed by atoms with E-state index in [1.165, 1.54) is 44.6 Å². The first-order valence-corrected chi connectivity index (χ1v) is 10.4. The molecule has 4 bridgehead atoms. The molecule has 146 valence electrons. The quantitative estimate of drug-likeness (QED) is 0.382. The van der Waals surface area contributed by atoms with E-state index in [0.717, 1.165) is 50.0 Å². The molecule has 0 aromatic carbocycles. The van der Waals surface area contributed by atoms with Crippen molar-refractivity contribution in [1.82, 2.24) is 4.90 Å². The fourth-order valence-electron chi connectivity index (χ4n) is 6.06. The van der Waals surface area contributed by atoms with E-state index in [-0.39, 0.29) is 17.5 Å². The van der Waals surface area contributed by atoms with Crippen LogP contribution < -0.4 is 5.73 Å². The van der Waals surface area contributed by atoms with Crippen LogP contribution in [0.1, 0.15) is 71.1 Å². The molecule has 4 fully saturated rings. The van der Waals surface area contributed by atoms with Gasteiger partial charge in [0, 0.05) is 18.2 Å². The van der Waals surface area contributed by atoms with Crippen molar-refractivity contribution in [2.24, 2.45) is 23.5 Å². The number of carbonyl (C=O) groups excluding carboxylic acids is 2. The van der Waals surface area contributed by atoms with E-state index in [1.807, 2.05) is 11.0 Å². The second-order valence-corrected chi connectivity index (χ2v) is 8.64. The summed E-state index contributed by atoms with van der Waals surface area (Å²) in [6.45, 7) is 3.00. The molecule has 0 saturated heterocycles. The van der Waals surface area contributed by atoms with Gasteiger partial charge in [-0.2, -0.15) is 0 Å². The van der Waals surface area contributed by atoms with Crippen molar-refractivity contribution in [3.8, 4) is 0 Å². The van der Waals surface area contributed by atoms with Gasteiger partial charge in [-0.15, -0.1) is 0 Å². The van der Waals surface area contributed by atoms with Crippen LogP contribution in [0.15, 0.2) is 12.2 Å². The Labute approximate surface area is 157 Å². The minimum atomic E-state index is -0.269. The summed E-state index contributed by atoms with van der Waals surface area (Å²) in [5, 5.41) is 0. The van der Waals surface area contributed by atoms with Crippen LogP contribution in [0.25, 0.3) is 0 Å². The van der Waals surface area contributed by atoms with Crippen LogP contribution in [0.5, 0.6) is 0 Å². The first-order valence-electron chi connectivity index (χ1n) is 10.4. The molecule has 0 radical (unpaired) electrons. The Balaban J connectivity index is 1.44. The minimum absolute atomic E-state index is 0.0599. The number of allylic oxidation sites excluding steroid dienone is 1. The van der Waals surface area contributed by atoms with Gasteiger partial charge in [0.25, 0.3) is 0 Å². The zero-order valence-electron chi connectivity index (χ0n) is 16.1. The third-order valence-electron chi connectivity index (χ3n) is 6.64. The number of nitrogens with zero attached hydrogens (tertiary/aromatic N) is 1. The monoisotopic (exact) mass is 362 g/mol. The van der Waals surface area contributed by atoms with Crippen LogP contribution in [0.3, 0.4) is 0 Å². The molecule has 0 unspecified atom stereocenters. The highest BCUT2D eigenvalue weighted by Gasteiger charge is 2.54. The van der Waals surface area contributed by atoms with Crippen molar-refractivity contribution in [2.45, 2.75) is 76.7 Å². The van der Waals surface area contributed by atoms with Gasteiger partial charge in [-0.1, -0.05) is 12.5 Å². The normalized spacial score (nSPS) is 32.1. The standard InChI is InChI=1S/C21H34N2O3/c1-2-26-19(24)8-6-4-3-5-7-9-23(20(22)25)21-13-16-10-17(14-21)12-18(11-16)15-21/h6,8,16-18H,2-5,7,9-15H2,1H3,(H2,22,25). The topological polar surface area (TPSA) is 72.6 Å². The average Bonchev–Trinajstić information content (AvgIpc) is 2.55. The number of hydrogen-bond acceptors (Lipinski definition) is 3. The summed E-state index contributed by atoms with van der Waals surface area (Å²) in [5.41, 5.74) is 5.87. The van der Waals surface area contributed by atoms with E-state index in [1.54, 1.807) is 6.92 Å². The van der Waals surface area contributed by atoms with Crippen molar-refractivity contribution < 1.29 is 14.3 Å². The summed E-state index contributed by atoms with van der Waals surface area (Å²) in [6, 6.07) is -0.228. The lowest BCUT2D eigenvalue weighted by Gasteiger charge is -2.60. The molecule has 0 spiro atoms. The number of ether oxygens (including phenoxy) is 1. The fraction of sp³-hybridized carbons (Fsp3) is 0.810. The van der Waals surface area contributed by atoms with Crippen LogP contribution in [0, 0.1) is 17.8 Å². The maximum Gasteiger partial charge on any atom is 0.330 e. The van der Waals surface area contributed by atoms with Crippen LogP contribution in [0.4, 0.5) is 4.79 Å². The molecule has 0 aromatic rings. The van der Waals surface area contributed by atoms with Gasteiger partial charge < -0.3 is 15.4 Å². The lowest BCUT2D eigenvalue weighted by atomic mass is 9.52. The van der Waals surface area contributed by atoms with E-state index in [9.17, 15) is 9.59 Å². The Kier molecular flexibility index (Phi) is 6.25. The minimum Gasteiger partial charge on any atom is -0.463 e. The van der Waals surface area contributed by atoms with Crippen molar-refractivity contribution in [2.75, 3.05) is 13.2 Å². The summed E-state index contributed by atoms with van der Waals surface area (Å²) < 4.78 is 4.86. The van der Waals surface area contributed by atoms with Crippen molar-refractivity contribution in [3.05, 3.63) is 12.2 Å². The molecular weight excluding hydrogens is 328 g/mol. The van der Waals surface area contributed by atoms with E-state index >= 15 is 0 Å². The maximum absolute atomic E-state index is 12.2. The highest BCUT2D eigenvalue weighted by molar-refractivity contribution is 5.81. The van der Waals surface area contributed by atoms with Gasteiger partial charge in [0.1, 0.15) is 0 Å². The Hall–Kier alpha value is -1.52. The van der Waals surface area contributed by atoms with Crippen LogP contribution in [-0.2, 0) is 9.53 Å². The van der Waals surface area contributed by atoms with Crippen molar-refractivity contribution in [3.63, 3.8) is 0 Å². The molecule has 0 aromatic heterocycles. The van der Waals surface area contributed by atoms with Crippen LogP contribution in [-0.4, -0.2) is 35.6 Å². The molecule has 0 atom stereocenters. The van der Waals surface area contributed by atoms with Crippen molar-refractivity contribution in [1.29, 1.82) is 0 Å². The number of carbonyl (C=O) groups is 2. The SMILES string of the molecule is CCOC(=O)C=CCCCCCN(C(N)=O)C12CC3CC(CC(C3)C1)C2. The summed E-state index contributed by atoms with van der Waals surface area (Å²) in [4.78, 5) is 25.5. The predicted molar refractivity (Wildman–Crippen MR) is 101 cm³/mol. The highest BCUT2D eigenvalue weighted by atomic mass is 16.5. The largest absolute Gasteiger partial charge is 0.463 e. The summed E-state index contributed by atoms with van der Waals surface area (Å²) in [6.07, 6.45) is 14.9. The third-order valence-corrected chi connectivity index (χ3v) is 6.64. The molecule has 26 heavy (non-hydrogen) atoms. The number of primary amides is 1. The Morgan fingerprint density at radius 1 is 1.08 bits per heavy atom. The van der Waals surface area contributed by atoms with Gasteiger partial charge in [0.05, 0.1) is 6.61 Å². The zero-order chi connectivity index (χ0) is 18.6. The molecule has 4 aliphatic rings.